The topological polar surface area (TPSA) is 17.1 Å². The third-order valence-electron chi connectivity index (χ3n) is 4.16. The first-order chi connectivity index (χ1) is 12.3. The zero-order valence-corrected chi connectivity index (χ0v) is 15.5. The number of benzene rings is 2. The van der Waals surface area contributed by atoms with E-state index < -0.39 is 7.92 Å². The van der Waals surface area contributed by atoms with Gasteiger partial charge in [-0.25, -0.2) is 0 Å². The molecule has 1 aliphatic carbocycles. The first-order valence-electron chi connectivity index (χ1n) is 8.80. The van der Waals surface area contributed by atoms with Crippen LogP contribution in [0.5, 0.6) is 0 Å². The Morgan fingerprint density at radius 3 is 2.16 bits per heavy atom. The van der Waals surface area contributed by atoms with E-state index >= 15 is 0 Å². The molecular weight excluding hydrogens is 323 g/mol. The molecule has 0 aromatic heterocycles. The highest BCUT2D eigenvalue weighted by atomic mass is 31.1. The van der Waals surface area contributed by atoms with Crippen LogP contribution in [0, 0.1) is 0 Å². The van der Waals surface area contributed by atoms with Gasteiger partial charge in [0.05, 0.1) is 0 Å². The van der Waals surface area contributed by atoms with E-state index in [1.54, 1.807) is 0 Å². The van der Waals surface area contributed by atoms with Crippen LogP contribution in [0.3, 0.4) is 0 Å². The number of ketones is 1. The second-order valence-electron chi connectivity index (χ2n) is 6.08. The fraction of sp³-hybridized carbons (Fsp3) is 0.174. The van der Waals surface area contributed by atoms with Gasteiger partial charge in [0.15, 0.2) is 5.78 Å². The minimum absolute atomic E-state index is 0.231. The molecule has 0 fully saturated rings. The molecule has 0 radical (unpaired) electrons. The van der Waals surface area contributed by atoms with Crippen molar-refractivity contribution >= 4 is 24.3 Å². The van der Waals surface area contributed by atoms with Gasteiger partial charge in [0, 0.05) is 6.42 Å². The Morgan fingerprint density at radius 2 is 1.60 bits per heavy atom. The summed E-state index contributed by atoms with van der Waals surface area (Å²) in [5.41, 5.74) is 1.17. The maximum Gasteiger partial charge on any atom is 0.155 e. The Labute approximate surface area is 151 Å². The minimum Gasteiger partial charge on any atom is -0.295 e. The molecule has 0 unspecified atom stereocenters. The summed E-state index contributed by atoms with van der Waals surface area (Å²) in [6.07, 6.45) is 10.7. The fourth-order valence-electron chi connectivity index (χ4n) is 3.01. The van der Waals surface area contributed by atoms with Crippen LogP contribution in [0.1, 0.15) is 26.2 Å². The lowest BCUT2D eigenvalue weighted by molar-refractivity contribution is -0.114. The van der Waals surface area contributed by atoms with Gasteiger partial charge in [-0.2, -0.15) is 0 Å². The van der Waals surface area contributed by atoms with Gasteiger partial charge in [0.2, 0.25) is 0 Å². The van der Waals surface area contributed by atoms with Gasteiger partial charge < -0.3 is 0 Å². The molecule has 0 saturated heterocycles. The summed E-state index contributed by atoms with van der Waals surface area (Å²) in [5, 5.41) is 3.93. The van der Waals surface area contributed by atoms with Crippen LogP contribution >= 0.6 is 7.92 Å². The summed E-state index contributed by atoms with van der Waals surface area (Å²) in [5.74, 6) is 0.231. The highest BCUT2D eigenvalue weighted by Gasteiger charge is 2.22. The van der Waals surface area contributed by atoms with Gasteiger partial charge in [-0.1, -0.05) is 85.8 Å². The van der Waals surface area contributed by atoms with Crippen molar-refractivity contribution in [3.05, 3.63) is 95.9 Å². The number of carbonyl (C=O) groups is 1. The molecule has 2 aromatic carbocycles. The molecule has 2 aromatic rings. The summed E-state index contributed by atoms with van der Waals surface area (Å²) in [6.45, 7) is 2.05. The van der Waals surface area contributed by atoms with E-state index in [4.69, 9.17) is 0 Å². The average molecular weight is 346 g/mol. The Morgan fingerprint density at radius 1 is 1.00 bits per heavy atom. The van der Waals surface area contributed by atoms with Crippen molar-refractivity contribution in [1.29, 1.82) is 0 Å². The standard InChI is InChI=1S/C23H23OP/c1-2-11-20(24)18-19-12-9-10-17-23(19)25(21-13-5-3-6-14-21)22-15-7-4-8-16-22/h3-10,13-18H,2,11-12H2,1H3. The number of hydrogen-bond acceptors (Lipinski definition) is 1. The van der Waals surface area contributed by atoms with E-state index in [0.717, 1.165) is 12.8 Å². The van der Waals surface area contributed by atoms with Crippen LogP contribution in [0.15, 0.2) is 95.9 Å². The molecule has 3 rings (SSSR count). The zero-order valence-electron chi connectivity index (χ0n) is 14.6. The molecule has 1 nitrogen and oxygen atoms in total. The molecule has 0 saturated carbocycles. The summed E-state index contributed by atoms with van der Waals surface area (Å²) in [6, 6.07) is 21.3. The van der Waals surface area contributed by atoms with Crippen LogP contribution in [-0.4, -0.2) is 5.78 Å². The summed E-state index contributed by atoms with van der Waals surface area (Å²) in [4.78, 5) is 12.2. The fourth-order valence-corrected chi connectivity index (χ4v) is 5.48. The van der Waals surface area contributed by atoms with Crippen LogP contribution in [0.25, 0.3) is 0 Å². The Hall–Kier alpha value is -2.24. The highest BCUT2D eigenvalue weighted by molar-refractivity contribution is 7.77. The molecule has 0 bridgehead atoms. The van der Waals surface area contributed by atoms with Gasteiger partial charge in [-0.15, -0.1) is 0 Å². The van der Waals surface area contributed by atoms with Crippen molar-refractivity contribution in [2.24, 2.45) is 0 Å². The molecule has 0 heterocycles. The summed E-state index contributed by atoms with van der Waals surface area (Å²) < 4.78 is 0. The quantitative estimate of drug-likeness (QED) is 0.515. The molecule has 2 heteroatoms. The maximum atomic E-state index is 12.2. The van der Waals surface area contributed by atoms with Crippen LogP contribution in [-0.2, 0) is 4.79 Å². The minimum atomic E-state index is -0.659. The SMILES string of the molecule is CCCC(=O)C=C1CC=CC=C1P(c1ccccc1)c1ccccc1. The van der Waals surface area contributed by atoms with E-state index in [2.05, 4.69) is 85.8 Å². The van der Waals surface area contributed by atoms with E-state index in [0.29, 0.717) is 6.42 Å². The third-order valence-corrected chi connectivity index (χ3v) is 6.71. The Balaban J connectivity index is 2.07. The van der Waals surface area contributed by atoms with Gasteiger partial charge in [0.1, 0.15) is 0 Å². The smallest absolute Gasteiger partial charge is 0.155 e. The predicted molar refractivity (Wildman–Crippen MR) is 109 cm³/mol. The van der Waals surface area contributed by atoms with Crippen molar-refractivity contribution in [2.45, 2.75) is 26.2 Å². The molecule has 126 valence electrons. The average Bonchev–Trinajstić information content (AvgIpc) is 2.65. The Kier molecular flexibility index (Phi) is 6.14. The lowest BCUT2D eigenvalue weighted by Gasteiger charge is -2.25. The normalized spacial score (nSPS) is 15.4. The zero-order chi connectivity index (χ0) is 17.5. The van der Waals surface area contributed by atoms with Crippen LogP contribution in [0.4, 0.5) is 0 Å². The molecule has 0 spiro atoms. The predicted octanol–water partition coefficient (Wildman–Crippen LogP) is 5.26. The highest BCUT2D eigenvalue weighted by Crippen LogP contribution is 2.48. The first-order valence-corrected chi connectivity index (χ1v) is 10.1. The van der Waals surface area contributed by atoms with Crippen molar-refractivity contribution in [2.75, 3.05) is 0 Å². The van der Waals surface area contributed by atoms with Gasteiger partial charge in [-0.05, 0) is 48.3 Å². The molecule has 0 atom stereocenters. The number of allylic oxidation sites excluding steroid dienone is 6. The first kappa shape index (κ1) is 17.6. The Bertz CT molecular complexity index is 761. The third kappa shape index (κ3) is 4.44. The van der Waals surface area contributed by atoms with Crippen molar-refractivity contribution < 1.29 is 4.79 Å². The van der Waals surface area contributed by atoms with E-state index in [1.807, 2.05) is 6.08 Å². The van der Waals surface area contributed by atoms with Crippen LogP contribution in [0.2, 0.25) is 0 Å². The second-order valence-corrected chi connectivity index (χ2v) is 8.26. The monoisotopic (exact) mass is 346 g/mol. The molecule has 25 heavy (non-hydrogen) atoms. The second kappa shape index (κ2) is 8.74. The van der Waals surface area contributed by atoms with Crippen molar-refractivity contribution in [3.63, 3.8) is 0 Å². The van der Waals surface area contributed by atoms with Gasteiger partial charge in [-0.3, -0.25) is 4.79 Å². The van der Waals surface area contributed by atoms with E-state index in [1.165, 1.54) is 21.5 Å². The van der Waals surface area contributed by atoms with E-state index in [-0.39, 0.29) is 5.78 Å². The number of carbonyl (C=O) groups excluding carboxylic acids is 1. The molecule has 1 aliphatic rings. The number of rotatable bonds is 6. The lowest BCUT2D eigenvalue weighted by Crippen LogP contribution is -2.14. The number of hydrogen-bond donors (Lipinski definition) is 0. The largest absolute Gasteiger partial charge is 0.295 e. The van der Waals surface area contributed by atoms with Crippen molar-refractivity contribution in [1.82, 2.24) is 0 Å². The molecule has 0 aliphatic heterocycles. The maximum absolute atomic E-state index is 12.2. The molecular formula is C23H23OP. The van der Waals surface area contributed by atoms with Crippen molar-refractivity contribution in [3.8, 4) is 0 Å². The lowest BCUT2D eigenvalue weighted by atomic mass is 10.0. The van der Waals surface area contributed by atoms with Gasteiger partial charge >= 0.3 is 0 Å². The molecule has 0 amide bonds. The molecule has 0 N–H and O–H groups in total. The van der Waals surface area contributed by atoms with E-state index in [9.17, 15) is 4.79 Å². The summed E-state index contributed by atoms with van der Waals surface area (Å²) >= 11 is 0. The van der Waals surface area contributed by atoms with Gasteiger partial charge in [0.25, 0.3) is 0 Å². The summed E-state index contributed by atoms with van der Waals surface area (Å²) in [7, 11) is -0.659. The van der Waals surface area contributed by atoms with Crippen LogP contribution < -0.4 is 10.6 Å².